The minimum absolute atomic E-state index is 0.285. The van der Waals surface area contributed by atoms with Gasteiger partial charge in [0.05, 0.1) is 24.1 Å². The Balaban J connectivity index is 1.74. The molecule has 1 aliphatic heterocycles. The Labute approximate surface area is 115 Å². The van der Waals surface area contributed by atoms with Gasteiger partial charge in [0.1, 0.15) is 0 Å². The van der Waals surface area contributed by atoms with E-state index >= 15 is 0 Å². The number of anilines is 1. The maximum Gasteiger partial charge on any atom is 0.0726 e. The van der Waals surface area contributed by atoms with Crippen molar-refractivity contribution in [1.29, 1.82) is 0 Å². The number of morpholine rings is 1. The Morgan fingerprint density at radius 3 is 2.74 bits per heavy atom. The fourth-order valence-electron chi connectivity index (χ4n) is 2.77. The molecular weight excluding hydrogens is 238 g/mol. The highest BCUT2D eigenvalue weighted by Gasteiger charge is 2.25. The molecule has 4 heteroatoms. The van der Waals surface area contributed by atoms with E-state index in [1.165, 1.54) is 24.1 Å². The molecule has 1 aliphatic carbocycles. The first-order valence-corrected chi connectivity index (χ1v) is 7.29. The molecule has 0 aromatic carbocycles. The van der Waals surface area contributed by atoms with Gasteiger partial charge in [-0.2, -0.15) is 0 Å². The van der Waals surface area contributed by atoms with Crippen molar-refractivity contribution in [3.8, 4) is 0 Å². The maximum absolute atomic E-state index is 5.81. The van der Waals surface area contributed by atoms with Crippen molar-refractivity contribution >= 4 is 5.69 Å². The van der Waals surface area contributed by atoms with Gasteiger partial charge >= 0.3 is 0 Å². The fraction of sp³-hybridized carbons (Fsp3) is 0.667. The molecule has 0 amide bonds. The molecule has 1 saturated carbocycles. The van der Waals surface area contributed by atoms with E-state index < -0.39 is 0 Å². The largest absolute Gasteiger partial charge is 0.372 e. The van der Waals surface area contributed by atoms with Crippen LogP contribution in [0.5, 0.6) is 0 Å². The molecule has 2 heterocycles. The summed E-state index contributed by atoms with van der Waals surface area (Å²) in [5, 5.41) is 3.59. The molecule has 1 saturated heterocycles. The summed E-state index contributed by atoms with van der Waals surface area (Å²) < 4.78 is 5.81. The molecule has 1 aromatic rings. The second-order valence-corrected chi connectivity index (χ2v) is 5.82. The van der Waals surface area contributed by atoms with Crippen molar-refractivity contribution in [2.24, 2.45) is 0 Å². The summed E-state index contributed by atoms with van der Waals surface area (Å²) in [4.78, 5) is 6.72. The monoisotopic (exact) mass is 261 g/mol. The predicted octanol–water partition coefficient (Wildman–Crippen LogP) is 1.95. The number of nitrogens with one attached hydrogen (secondary N) is 1. The van der Waals surface area contributed by atoms with Gasteiger partial charge in [0.2, 0.25) is 0 Å². The van der Waals surface area contributed by atoms with Crippen LogP contribution in [0.1, 0.15) is 32.3 Å². The summed E-state index contributed by atoms with van der Waals surface area (Å²) in [7, 11) is 0. The molecule has 4 nitrogen and oxygen atoms in total. The molecule has 2 atom stereocenters. The summed E-state index contributed by atoms with van der Waals surface area (Å²) in [6, 6.07) is 2.87. The third-order valence-electron chi connectivity index (χ3n) is 3.81. The summed E-state index contributed by atoms with van der Waals surface area (Å²) in [5.74, 6) is 0. The van der Waals surface area contributed by atoms with Crippen molar-refractivity contribution in [1.82, 2.24) is 10.3 Å². The van der Waals surface area contributed by atoms with E-state index in [-0.39, 0.29) is 12.2 Å². The van der Waals surface area contributed by atoms with Crippen LogP contribution in [0.4, 0.5) is 5.69 Å². The molecular formula is C15H23N3O. The van der Waals surface area contributed by atoms with Gasteiger partial charge < -0.3 is 15.0 Å². The Morgan fingerprint density at radius 1 is 1.32 bits per heavy atom. The molecule has 2 aliphatic rings. The molecule has 0 bridgehead atoms. The predicted molar refractivity (Wildman–Crippen MR) is 76.3 cm³/mol. The fourth-order valence-corrected chi connectivity index (χ4v) is 2.77. The third-order valence-corrected chi connectivity index (χ3v) is 3.81. The highest BCUT2D eigenvalue weighted by atomic mass is 16.5. The summed E-state index contributed by atoms with van der Waals surface area (Å²) in [5.41, 5.74) is 2.61. The van der Waals surface area contributed by atoms with Crippen molar-refractivity contribution in [2.75, 3.05) is 18.0 Å². The molecule has 19 heavy (non-hydrogen) atoms. The molecule has 0 unspecified atom stereocenters. The highest BCUT2D eigenvalue weighted by Crippen LogP contribution is 2.25. The lowest BCUT2D eigenvalue weighted by Gasteiger charge is -2.37. The standard InChI is InChI=1S/C15H23N3O/c1-11-9-18(10-12(2)19-11)15-8-16-6-5-13(15)7-17-14-3-4-14/h5-6,8,11-12,14,17H,3-4,7,9-10H2,1-2H3/t11-,12+. The number of hydrogen-bond acceptors (Lipinski definition) is 4. The SMILES string of the molecule is C[C@@H]1CN(c2cnccc2CNC2CC2)C[C@H](C)O1. The zero-order chi connectivity index (χ0) is 13.2. The number of hydrogen-bond donors (Lipinski definition) is 1. The Hall–Kier alpha value is -1.13. The number of pyridine rings is 1. The van der Waals surface area contributed by atoms with E-state index in [4.69, 9.17) is 4.74 Å². The number of rotatable bonds is 4. The van der Waals surface area contributed by atoms with E-state index in [1.807, 2.05) is 12.4 Å². The number of aromatic nitrogens is 1. The first kappa shape index (κ1) is 12.9. The van der Waals surface area contributed by atoms with Gasteiger partial charge in [-0.25, -0.2) is 0 Å². The van der Waals surface area contributed by atoms with Gasteiger partial charge in [-0.1, -0.05) is 0 Å². The Kier molecular flexibility index (Phi) is 3.71. The molecule has 0 spiro atoms. The maximum atomic E-state index is 5.81. The molecule has 0 radical (unpaired) electrons. The molecule has 1 N–H and O–H groups in total. The van der Waals surface area contributed by atoms with Crippen LogP contribution >= 0.6 is 0 Å². The van der Waals surface area contributed by atoms with Gasteiger partial charge in [-0.3, -0.25) is 4.98 Å². The lowest BCUT2D eigenvalue weighted by Crippen LogP contribution is -2.46. The second kappa shape index (κ2) is 5.47. The van der Waals surface area contributed by atoms with E-state index in [1.54, 1.807) is 0 Å². The quantitative estimate of drug-likeness (QED) is 0.899. The average Bonchev–Trinajstić information content (AvgIpc) is 3.19. The van der Waals surface area contributed by atoms with Gasteiger partial charge in [-0.05, 0) is 38.3 Å². The van der Waals surface area contributed by atoms with Gasteiger partial charge in [-0.15, -0.1) is 0 Å². The van der Waals surface area contributed by atoms with E-state index in [9.17, 15) is 0 Å². The minimum atomic E-state index is 0.285. The zero-order valence-corrected chi connectivity index (χ0v) is 11.8. The average molecular weight is 261 g/mol. The molecule has 1 aromatic heterocycles. The minimum Gasteiger partial charge on any atom is -0.372 e. The molecule has 2 fully saturated rings. The van der Waals surface area contributed by atoms with Crippen LogP contribution < -0.4 is 10.2 Å². The van der Waals surface area contributed by atoms with Crippen molar-refractivity contribution < 1.29 is 4.74 Å². The Bertz CT molecular complexity index is 423. The first-order chi connectivity index (χ1) is 9.22. The lowest BCUT2D eigenvalue weighted by molar-refractivity contribution is -0.00528. The van der Waals surface area contributed by atoms with Crippen LogP contribution in [0.25, 0.3) is 0 Å². The number of ether oxygens (including phenoxy) is 1. The van der Waals surface area contributed by atoms with Gasteiger partial charge in [0.15, 0.2) is 0 Å². The van der Waals surface area contributed by atoms with Crippen LogP contribution in [0, 0.1) is 0 Å². The normalized spacial score (nSPS) is 27.6. The first-order valence-electron chi connectivity index (χ1n) is 7.29. The van der Waals surface area contributed by atoms with Gasteiger partial charge in [0.25, 0.3) is 0 Å². The highest BCUT2D eigenvalue weighted by molar-refractivity contribution is 5.52. The van der Waals surface area contributed by atoms with Crippen LogP contribution in [0.3, 0.4) is 0 Å². The zero-order valence-electron chi connectivity index (χ0n) is 11.8. The van der Waals surface area contributed by atoms with Crippen molar-refractivity contribution in [3.05, 3.63) is 24.0 Å². The smallest absolute Gasteiger partial charge is 0.0726 e. The van der Waals surface area contributed by atoms with E-state index in [0.717, 1.165) is 25.7 Å². The molecule has 3 rings (SSSR count). The number of nitrogens with zero attached hydrogens (tertiary/aromatic N) is 2. The topological polar surface area (TPSA) is 37.4 Å². The van der Waals surface area contributed by atoms with E-state index in [0.29, 0.717) is 0 Å². The van der Waals surface area contributed by atoms with E-state index in [2.05, 4.69) is 35.1 Å². The van der Waals surface area contributed by atoms with Crippen molar-refractivity contribution in [2.45, 2.75) is 51.5 Å². The van der Waals surface area contributed by atoms with Crippen LogP contribution in [0.2, 0.25) is 0 Å². The van der Waals surface area contributed by atoms with Crippen molar-refractivity contribution in [3.63, 3.8) is 0 Å². The second-order valence-electron chi connectivity index (χ2n) is 5.82. The van der Waals surface area contributed by atoms with Gasteiger partial charge in [0, 0.05) is 31.9 Å². The van der Waals surface area contributed by atoms with Crippen LogP contribution in [-0.2, 0) is 11.3 Å². The van der Waals surface area contributed by atoms with Crippen LogP contribution in [0.15, 0.2) is 18.5 Å². The summed E-state index contributed by atoms with van der Waals surface area (Å²) in [6.07, 6.45) is 7.11. The molecule has 104 valence electrons. The lowest BCUT2D eigenvalue weighted by atomic mass is 10.1. The summed E-state index contributed by atoms with van der Waals surface area (Å²) in [6.45, 7) is 7.13. The van der Waals surface area contributed by atoms with Crippen LogP contribution in [-0.4, -0.2) is 36.3 Å². The Morgan fingerprint density at radius 2 is 2.05 bits per heavy atom. The summed E-state index contributed by atoms with van der Waals surface area (Å²) >= 11 is 0. The third kappa shape index (κ3) is 3.25.